The Labute approximate surface area is 150 Å². The van der Waals surface area contributed by atoms with Gasteiger partial charge < -0.3 is 13.9 Å². The molecule has 0 spiro atoms. The Morgan fingerprint density at radius 1 is 1.23 bits per heavy atom. The summed E-state index contributed by atoms with van der Waals surface area (Å²) in [4.78, 5) is 3.74. The van der Waals surface area contributed by atoms with E-state index < -0.39 is 0 Å². The Bertz CT molecular complexity index is 929. The van der Waals surface area contributed by atoms with Crippen molar-refractivity contribution in [3.63, 3.8) is 0 Å². The fourth-order valence-electron chi connectivity index (χ4n) is 2.19. The van der Waals surface area contributed by atoms with E-state index in [0.717, 1.165) is 11.1 Å². The van der Waals surface area contributed by atoms with Gasteiger partial charge in [0, 0.05) is 0 Å². The summed E-state index contributed by atoms with van der Waals surface area (Å²) in [6.07, 6.45) is 2.76. The van der Waals surface area contributed by atoms with E-state index in [1.807, 2.05) is 48.5 Å². The molecule has 0 unspecified atom stereocenters. The summed E-state index contributed by atoms with van der Waals surface area (Å²) >= 11 is 0. The quantitative estimate of drug-likeness (QED) is 0.518. The molecule has 2 aromatic carbocycles. The van der Waals surface area contributed by atoms with Crippen molar-refractivity contribution in [3.8, 4) is 17.6 Å². The van der Waals surface area contributed by atoms with Gasteiger partial charge >= 0.3 is 0 Å². The standard InChI is InChI=1S/C19H16N4O3/c1-24-18-9-15(11-22-23-19-16(10-20)21-13-26-19)7-8-17(18)25-12-14-5-3-2-4-6-14/h2-9,11,13,23H,12H2,1H3/b22-11-. The second-order valence-corrected chi connectivity index (χ2v) is 5.20. The lowest BCUT2D eigenvalue weighted by Crippen LogP contribution is -1.98. The van der Waals surface area contributed by atoms with Gasteiger partial charge in [-0.25, -0.2) is 10.4 Å². The molecule has 0 fully saturated rings. The van der Waals surface area contributed by atoms with E-state index in [2.05, 4.69) is 15.5 Å². The van der Waals surface area contributed by atoms with Crippen LogP contribution in [0.15, 0.2) is 64.4 Å². The average Bonchev–Trinajstić information content (AvgIpc) is 3.15. The molecule has 1 heterocycles. The first-order valence-electron chi connectivity index (χ1n) is 7.77. The molecule has 0 aliphatic carbocycles. The number of rotatable bonds is 7. The minimum absolute atomic E-state index is 0.143. The highest BCUT2D eigenvalue weighted by molar-refractivity contribution is 5.81. The number of hydrogen-bond donors (Lipinski definition) is 1. The zero-order valence-corrected chi connectivity index (χ0v) is 14.0. The third-order valence-corrected chi connectivity index (χ3v) is 3.48. The molecule has 0 aliphatic heterocycles. The number of aromatic nitrogens is 1. The fourth-order valence-corrected chi connectivity index (χ4v) is 2.19. The molecule has 7 nitrogen and oxygen atoms in total. The predicted molar refractivity (Wildman–Crippen MR) is 96.2 cm³/mol. The van der Waals surface area contributed by atoms with Gasteiger partial charge in [-0.3, -0.25) is 0 Å². The van der Waals surface area contributed by atoms with E-state index >= 15 is 0 Å². The number of oxazole rings is 1. The molecule has 3 rings (SSSR count). The monoisotopic (exact) mass is 348 g/mol. The van der Waals surface area contributed by atoms with Crippen LogP contribution in [0.3, 0.4) is 0 Å². The number of hydrazone groups is 1. The van der Waals surface area contributed by atoms with Crippen molar-refractivity contribution < 1.29 is 13.9 Å². The van der Waals surface area contributed by atoms with Crippen LogP contribution in [0.4, 0.5) is 5.88 Å². The van der Waals surface area contributed by atoms with Gasteiger partial charge in [-0.15, -0.1) is 0 Å². The van der Waals surface area contributed by atoms with Crippen molar-refractivity contribution in [2.75, 3.05) is 12.5 Å². The average molecular weight is 348 g/mol. The van der Waals surface area contributed by atoms with Crippen LogP contribution in [-0.4, -0.2) is 18.3 Å². The number of ether oxygens (including phenoxy) is 2. The molecule has 7 heteroatoms. The molecule has 0 atom stereocenters. The number of hydrogen-bond acceptors (Lipinski definition) is 7. The van der Waals surface area contributed by atoms with Crippen LogP contribution in [0.1, 0.15) is 16.8 Å². The second-order valence-electron chi connectivity index (χ2n) is 5.20. The van der Waals surface area contributed by atoms with E-state index in [1.165, 1.54) is 6.39 Å². The molecule has 0 saturated carbocycles. The van der Waals surface area contributed by atoms with Crippen molar-refractivity contribution in [1.82, 2.24) is 4.98 Å². The first-order chi connectivity index (χ1) is 12.8. The SMILES string of the molecule is COc1cc(/C=N\Nc2ocnc2C#N)ccc1OCc1ccccc1. The first-order valence-corrected chi connectivity index (χ1v) is 7.77. The summed E-state index contributed by atoms with van der Waals surface area (Å²) in [7, 11) is 1.58. The highest BCUT2D eigenvalue weighted by Gasteiger charge is 2.07. The van der Waals surface area contributed by atoms with Crippen LogP contribution >= 0.6 is 0 Å². The van der Waals surface area contributed by atoms with Crippen molar-refractivity contribution >= 4 is 12.1 Å². The van der Waals surface area contributed by atoms with Crippen LogP contribution in [0, 0.1) is 11.3 Å². The number of nitrogens with one attached hydrogen (secondary N) is 1. The molecule has 0 amide bonds. The molecular formula is C19H16N4O3. The maximum atomic E-state index is 8.86. The molecule has 0 bridgehead atoms. The lowest BCUT2D eigenvalue weighted by Gasteiger charge is -2.11. The highest BCUT2D eigenvalue weighted by Crippen LogP contribution is 2.28. The molecule has 1 N–H and O–H groups in total. The minimum atomic E-state index is 0.143. The Kier molecular flexibility index (Phi) is 5.47. The molecule has 0 saturated heterocycles. The van der Waals surface area contributed by atoms with Gasteiger partial charge in [-0.05, 0) is 29.3 Å². The lowest BCUT2D eigenvalue weighted by molar-refractivity contribution is 0.284. The normalized spacial score (nSPS) is 10.5. The summed E-state index contributed by atoms with van der Waals surface area (Å²) < 4.78 is 16.2. The topological polar surface area (TPSA) is 92.7 Å². The Morgan fingerprint density at radius 3 is 2.85 bits per heavy atom. The van der Waals surface area contributed by atoms with Crippen molar-refractivity contribution in [2.24, 2.45) is 5.10 Å². The van der Waals surface area contributed by atoms with Crippen LogP contribution in [0.5, 0.6) is 11.5 Å². The van der Waals surface area contributed by atoms with Gasteiger partial charge in [0.05, 0.1) is 13.3 Å². The first kappa shape index (κ1) is 17.0. The van der Waals surface area contributed by atoms with Gasteiger partial charge in [0.2, 0.25) is 5.69 Å². The number of anilines is 1. The summed E-state index contributed by atoms with van der Waals surface area (Å²) in [6.45, 7) is 0.453. The highest BCUT2D eigenvalue weighted by atomic mass is 16.5. The van der Waals surface area contributed by atoms with Gasteiger partial charge in [0.15, 0.2) is 17.9 Å². The summed E-state index contributed by atoms with van der Waals surface area (Å²) in [5.74, 6) is 1.43. The minimum Gasteiger partial charge on any atom is -0.493 e. The number of nitriles is 1. The lowest BCUT2D eigenvalue weighted by atomic mass is 10.2. The maximum absolute atomic E-state index is 8.86. The van der Waals surface area contributed by atoms with Crippen molar-refractivity contribution in [2.45, 2.75) is 6.61 Å². The molecule has 1 aromatic heterocycles. The maximum Gasteiger partial charge on any atom is 0.251 e. The number of methoxy groups -OCH3 is 1. The number of nitrogens with zero attached hydrogens (tertiary/aromatic N) is 3. The van der Waals surface area contributed by atoms with Crippen LogP contribution in [0.2, 0.25) is 0 Å². The van der Waals surface area contributed by atoms with Gasteiger partial charge in [0.25, 0.3) is 5.88 Å². The van der Waals surface area contributed by atoms with Crippen LogP contribution in [-0.2, 0) is 6.61 Å². The molecule has 0 radical (unpaired) electrons. The Hall–Kier alpha value is -3.79. The fraction of sp³-hybridized carbons (Fsp3) is 0.105. The second kappa shape index (κ2) is 8.35. The zero-order chi connectivity index (χ0) is 18.2. The summed E-state index contributed by atoms with van der Waals surface area (Å²) in [6, 6.07) is 17.3. The van der Waals surface area contributed by atoms with E-state index in [0.29, 0.717) is 18.1 Å². The Morgan fingerprint density at radius 2 is 2.08 bits per heavy atom. The van der Waals surface area contributed by atoms with Crippen molar-refractivity contribution in [1.29, 1.82) is 5.26 Å². The summed E-state index contributed by atoms with van der Waals surface area (Å²) in [5.41, 5.74) is 4.65. The van der Waals surface area contributed by atoms with Gasteiger partial charge in [-0.1, -0.05) is 30.3 Å². The Balaban J connectivity index is 1.66. The summed E-state index contributed by atoms with van der Waals surface area (Å²) in [5, 5.41) is 12.9. The van der Waals surface area contributed by atoms with Gasteiger partial charge in [-0.2, -0.15) is 10.4 Å². The smallest absolute Gasteiger partial charge is 0.251 e. The van der Waals surface area contributed by atoms with E-state index in [9.17, 15) is 0 Å². The molecular weight excluding hydrogens is 332 g/mol. The third-order valence-electron chi connectivity index (χ3n) is 3.48. The van der Waals surface area contributed by atoms with Crippen LogP contribution in [0.25, 0.3) is 0 Å². The van der Waals surface area contributed by atoms with Crippen molar-refractivity contribution in [3.05, 3.63) is 71.7 Å². The van der Waals surface area contributed by atoms with Crippen LogP contribution < -0.4 is 14.9 Å². The zero-order valence-electron chi connectivity index (χ0n) is 14.0. The van der Waals surface area contributed by atoms with Gasteiger partial charge in [0.1, 0.15) is 12.7 Å². The molecule has 3 aromatic rings. The molecule has 130 valence electrons. The molecule has 0 aliphatic rings. The molecule has 26 heavy (non-hydrogen) atoms. The largest absolute Gasteiger partial charge is 0.493 e. The third kappa shape index (κ3) is 4.19. The van der Waals surface area contributed by atoms with E-state index in [1.54, 1.807) is 19.4 Å². The number of benzene rings is 2. The van der Waals surface area contributed by atoms with E-state index in [-0.39, 0.29) is 11.6 Å². The predicted octanol–water partition coefficient (Wildman–Crippen LogP) is 3.58. The van der Waals surface area contributed by atoms with E-state index in [4.69, 9.17) is 19.2 Å².